The summed E-state index contributed by atoms with van der Waals surface area (Å²) in [6, 6.07) is -0.556. The van der Waals surface area contributed by atoms with Crippen LogP contribution in [0.3, 0.4) is 0 Å². The van der Waals surface area contributed by atoms with E-state index in [0.29, 0.717) is 0 Å². The molecular formula is C9H10Cl2N4O3. The van der Waals surface area contributed by atoms with E-state index in [1.807, 2.05) is 0 Å². The first-order valence-corrected chi connectivity index (χ1v) is 5.51. The number of carbonyl (C=O) groups excluding carboxylic acids is 2. The lowest BCUT2D eigenvalue weighted by atomic mass is 10.4. The summed E-state index contributed by atoms with van der Waals surface area (Å²) in [5.41, 5.74) is 3.75. The molecule has 0 aliphatic rings. The third-order valence-corrected chi connectivity index (χ3v) is 2.40. The van der Waals surface area contributed by atoms with E-state index in [9.17, 15) is 14.4 Å². The fraction of sp³-hybridized carbons (Fsp3) is 0.222. The molecule has 0 bridgehead atoms. The molecule has 0 aromatic carbocycles. The van der Waals surface area contributed by atoms with Crippen LogP contribution in [-0.4, -0.2) is 23.6 Å². The standard InChI is InChI=1S/C9H10Cl2N4O3/c1-12-9(18)14-13-7(16)4-15-2-5(10)8(17)6(11)3-15/h2-3H,4H2,1H3,(H,13,16)(H2,12,14,18). The molecule has 1 aromatic rings. The molecule has 0 saturated heterocycles. The Bertz CT molecular complexity index is 503. The molecule has 0 unspecified atom stereocenters. The number of hydrogen-bond acceptors (Lipinski definition) is 3. The Kier molecular flexibility index (Phi) is 4.99. The first-order valence-electron chi connectivity index (χ1n) is 4.75. The third kappa shape index (κ3) is 3.94. The van der Waals surface area contributed by atoms with Crippen molar-refractivity contribution in [3.05, 3.63) is 32.7 Å². The summed E-state index contributed by atoms with van der Waals surface area (Å²) < 4.78 is 1.33. The highest BCUT2D eigenvalue weighted by atomic mass is 35.5. The number of hydrogen-bond donors (Lipinski definition) is 3. The summed E-state index contributed by atoms with van der Waals surface area (Å²) in [6.45, 7) is -0.149. The highest BCUT2D eigenvalue weighted by Gasteiger charge is 2.07. The van der Waals surface area contributed by atoms with E-state index in [-0.39, 0.29) is 16.6 Å². The number of pyridine rings is 1. The second-order valence-corrected chi connectivity index (χ2v) is 4.02. The average Bonchev–Trinajstić information content (AvgIpc) is 2.32. The van der Waals surface area contributed by atoms with Gasteiger partial charge >= 0.3 is 6.03 Å². The monoisotopic (exact) mass is 292 g/mol. The van der Waals surface area contributed by atoms with Crippen LogP contribution in [0.2, 0.25) is 10.0 Å². The molecule has 3 N–H and O–H groups in total. The molecule has 1 heterocycles. The summed E-state index contributed by atoms with van der Waals surface area (Å²) in [7, 11) is 1.41. The van der Waals surface area contributed by atoms with Gasteiger partial charge in [-0.05, 0) is 0 Å². The number of amides is 3. The van der Waals surface area contributed by atoms with Gasteiger partial charge in [-0.2, -0.15) is 0 Å². The second kappa shape index (κ2) is 6.27. The first-order chi connectivity index (χ1) is 8.43. The molecule has 0 saturated carbocycles. The minimum Gasteiger partial charge on any atom is -0.342 e. The Morgan fingerprint density at radius 2 is 1.78 bits per heavy atom. The molecule has 98 valence electrons. The van der Waals surface area contributed by atoms with Crippen molar-refractivity contribution >= 4 is 35.1 Å². The molecule has 1 rings (SSSR count). The van der Waals surface area contributed by atoms with Gasteiger partial charge in [0.15, 0.2) is 0 Å². The third-order valence-electron chi connectivity index (χ3n) is 1.86. The van der Waals surface area contributed by atoms with Crippen LogP contribution in [0.1, 0.15) is 0 Å². The van der Waals surface area contributed by atoms with Gasteiger partial charge in [0.05, 0.1) is 0 Å². The van der Waals surface area contributed by atoms with E-state index < -0.39 is 17.4 Å². The molecule has 3 amide bonds. The highest BCUT2D eigenvalue weighted by Crippen LogP contribution is 2.07. The summed E-state index contributed by atoms with van der Waals surface area (Å²) in [6.07, 6.45) is 2.55. The molecule has 0 fully saturated rings. The average molecular weight is 293 g/mol. The van der Waals surface area contributed by atoms with Crippen LogP contribution in [0.4, 0.5) is 4.79 Å². The lowest BCUT2D eigenvalue weighted by Crippen LogP contribution is -2.46. The zero-order chi connectivity index (χ0) is 13.7. The molecular weight excluding hydrogens is 283 g/mol. The van der Waals surface area contributed by atoms with Crippen molar-refractivity contribution in [1.82, 2.24) is 20.7 Å². The molecule has 0 atom stereocenters. The maximum Gasteiger partial charge on any atom is 0.333 e. The van der Waals surface area contributed by atoms with Gasteiger partial charge in [-0.15, -0.1) is 0 Å². The van der Waals surface area contributed by atoms with Crippen molar-refractivity contribution in [2.75, 3.05) is 7.05 Å². The van der Waals surface area contributed by atoms with Gasteiger partial charge in [-0.3, -0.25) is 15.0 Å². The summed E-state index contributed by atoms with van der Waals surface area (Å²) in [5.74, 6) is -0.505. The fourth-order valence-electron chi connectivity index (χ4n) is 1.05. The van der Waals surface area contributed by atoms with E-state index in [4.69, 9.17) is 23.2 Å². The van der Waals surface area contributed by atoms with Gasteiger partial charge in [0.25, 0.3) is 5.91 Å². The highest BCUT2D eigenvalue weighted by molar-refractivity contribution is 6.34. The molecule has 0 spiro atoms. The summed E-state index contributed by atoms with van der Waals surface area (Å²) >= 11 is 11.2. The lowest BCUT2D eigenvalue weighted by molar-refractivity contribution is -0.122. The van der Waals surface area contributed by atoms with E-state index in [1.165, 1.54) is 24.0 Å². The van der Waals surface area contributed by atoms with Gasteiger partial charge in [-0.1, -0.05) is 23.2 Å². The van der Waals surface area contributed by atoms with Crippen molar-refractivity contribution < 1.29 is 9.59 Å². The molecule has 9 heteroatoms. The van der Waals surface area contributed by atoms with E-state index in [1.54, 1.807) is 0 Å². The largest absolute Gasteiger partial charge is 0.342 e. The number of urea groups is 1. The van der Waals surface area contributed by atoms with Crippen molar-refractivity contribution in [2.24, 2.45) is 0 Å². The van der Waals surface area contributed by atoms with Crippen molar-refractivity contribution in [3.63, 3.8) is 0 Å². The predicted octanol–water partition coefficient (Wildman–Crippen LogP) is 0.115. The molecule has 0 radical (unpaired) electrons. The second-order valence-electron chi connectivity index (χ2n) is 3.21. The van der Waals surface area contributed by atoms with Gasteiger partial charge in [0, 0.05) is 19.4 Å². The van der Waals surface area contributed by atoms with Crippen molar-refractivity contribution in [2.45, 2.75) is 6.54 Å². The zero-order valence-corrected chi connectivity index (χ0v) is 10.8. The Balaban J connectivity index is 2.65. The van der Waals surface area contributed by atoms with Gasteiger partial charge in [0.1, 0.15) is 16.6 Å². The molecule has 0 aliphatic carbocycles. The normalized spacial score (nSPS) is 9.72. The van der Waals surface area contributed by atoms with Crippen LogP contribution in [0, 0.1) is 0 Å². The summed E-state index contributed by atoms with van der Waals surface area (Å²) in [5, 5.41) is 2.08. The smallest absolute Gasteiger partial charge is 0.333 e. The van der Waals surface area contributed by atoms with Gasteiger partial charge < -0.3 is 9.88 Å². The van der Waals surface area contributed by atoms with E-state index in [0.717, 1.165) is 0 Å². The minimum atomic E-state index is -0.556. The Hall–Kier alpha value is -1.73. The van der Waals surface area contributed by atoms with Crippen LogP contribution in [-0.2, 0) is 11.3 Å². The first kappa shape index (κ1) is 14.3. The number of nitrogens with zero attached hydrogens (tertiary/aromatic N) is 1. The van der Waals surface area contributed by atoms with Crippen molar-refractivity contribution in [1.29, 1.82) is 0 Å². The number of nitrogens with one attached hydrogen (secondary N) is 3. The van der Waals surface area contributed by atoms with Crippen LogP contribution < -0.4 is 21.6 Å². The molecule has 18 heavy (non-hydrogen) atoms. The van der Waals surface area contributed by atoms with Crippen LogP contribution >= 0.6 is 23.2 Å². The summed E-state index contributed by atoms with van der Waals surface area (Å²) in [4.78, 5) is 33.4. The number of hydrazine groups is 1. The number of carbonyl (C=O) groups is 2. The van der Waals surface area contributed by atoms with E-state index in [2.05, 4.69) is 16.2 Å². The topological polar surface area (TPSA) is 92.2 Å². The number of halogens is 2. The predicted molar refractivity (Wildman–Crippen MR) is 66.5 cm³/mol. The molecule has 0 aliphatic heterocycles. The maximum absolute atomic E-state index is 11.4. The van der Waals surface area contributed by atoms with Crippen LogP contribution in [0.25, 0.3) is 0 Å². The maximum atomic E-state index is 11.4. The Morgan fingerprint density at radius 3 is 2.28 bits per heavy atom. The Labute approximate surface area is 112 Å². The van der Waals surface area contributed by atoms with Crippen LogP contribution in [0.15, 0.2) is 17.2 Å². The lowest BCUT2D eigenvalue weighted by Gasteiger charge is -2.09. The van der Waals surface area contributed by atoms with Crippen molar-refractivity contribution in [3.8, 4) is 0 Å². The minimum absolute atomic E-state index is 0.0884. The van der Waals surface area contributed by atoms with Gasteiger partial charge in [0.2, 0.25) is 5.43 Å². The number of aromatic nitrogens is 1. The fourth-order valence-corrected chi connectivity index (χ4v) is 1.55. The zero-order valence-electron chi connectivity index (χ0n) is 9.29. The quantitative estimate of drug-likeness (QED) is 0.676. The number of rotatable bonds is 2. The van der Waals surface area contributed by atoms with Crippen LogP contribution in [0.5, 0.6) is 0 Å². The van der Waals surface area contributed by atoms with Gasteiger partial charge in [-0.25, -0.2) is 10.2 Å². The van der Waals surface area contributed by atoms with E-state index >= 15 is 0 Å². The Morgan fingerprint density at radius 1 is 1.22 bits per heavy atom. The molecule has 7 nitrogen and oxygen atoms in total. The molecule has 1 aromatic heterocycles. The SMILES string of the molecule is CNC(=O)NNC(=O)Cn1cc(Cl)c(=O)c(Cl)c1.